The summed E-state index contributed by atoms with van der Waals surface area (Å²) < 4.78 is 0. The number of aromatic hydroxyl groups is 1. The minimum atomic E-state index is 0.0887. The minimum Gasteiger partial charge on any atom is -0.508 e. The summed E-state index contributed by atoms with van der Waals surface area (Å²) in [5.74, 6) is 0.866. The van der Waals surface area contributed by atoms with Gasteiger partial charge in [-0.25, -0.2) is 9.97 Å². The second-order valence-electron chi connectivity index (χ2n) is 7.72. The second-order valence-corrected chi connectivity index (χ2v) is 7.72. The summed E-state index contributed by atoms with van der Waals surface area (Å²) in [5.41, 5.74) is 5.14. The van der Waals surface area contributed by atoms with Gasteiger partial charge < -0.3 is 10.4 Å². The van der Waals surface area contributed by atoms with Gasteiger partial charge in [-0.15, -0.1) is 0 Å². The molecule has 0 aliphatic heterocycles. The van der Waals surface area contributed by atoms with Crippen molar-refractivity contribution in [1.82, 2.24) is 15.0 Å². The average molecular weight is 438 g/mol. The van der Waals surface area contributed by atoms with Gasteiger partial charge in [-0.05, 0) is 59.9 Å². The number of nitrogens with zero attached hydrogens (tertiary/aromatic N) is 4. The number of hydrogen-bond acceptors (Lipinski definition) is 6. The molecule has 0 aliphatic carbocycles. The fourth-order valence-electron chi connectivity index (χ4n) is 3.54. The predicted octanol–water partition coefficient (Wildman–Crippen LogP) is 5.47. The Balaban J connectivity index is 1.43. The van der Waals surface area contributed by atoms with E-state index in [-0.39, 0.29) is 11.8 Å². The Labute approximate surface area is 194 Å². The molecule has 0 saturated heterocycles. The number of aliphatic imine (C=N–C) groups is 1. The van der Waals surface area contributed by atoms with Crippen molar-refractivity contribution in [3.63, 3.8) is 0 Å². The van der Waals surface area contributed by atoms with Crippen molar-refractivity contribution in [2.45, 2.75) is 25.8 Å². The Kier molecular flexibility index (Phi) is 7.38. The van der Waals surface area contributed by atoms with E-state index in [4.69, 9.17) is 4.99 Å². The Morgan fingerprint density at radius 3 is 2.70 bits per heavy atom. The summed E-state index contributed by atoms with van der Waals surface area (Å²) in [5, 5.41) is 12.7. The number of anilines is 1. The van der Waals surface area contributed by atoms with Crippen molar-refractivity contribution >= 4 is 12.2 Å². The van der Waals surface area contributed by atoms with Crippen LogP contribution >= 0.6 is 0 Å². The molecule has 1 atom stereocenters. The van der Waals surface area contributed by atoms with Crippen LogP contribution in [0.4, 0.5) is 5.95 Å². The number of phenols is 1. The fourth-order valence-corrected chi connectivity index (χ4v) is 3.54. The lowest BCUT2D eigenvalue weighted by Gasteiger charge is -2.10. The third-order valence-electron chi connectivity index (χ3n) is 5.33. The minimum absolute atomic E-state index is 0.0887. The summed E-state index contributed by atoms with van der Waals surface area (Å²) in [4.78, 5) is 18.0. The van der Waals surface area contributed by atoms with Crippen molar-refractivity contribution in [3.8, 4) is 17.0 Å². The zero-order valence-corrected chi connectivity index (χ0v) is 18.6. The van der Waals surface area contributed by atoms with Gasteiger partial charge in [0.1, 0.15) is 5.75 Å². The molecule has 0 fully saturated rings. The summed E-state index contributed by atoms with van der Waals surface area (Å²) in [7, 11) is 0. The number of rotatable bonds is 9. The Morgan fingerprint density at radius 2 is 1.91 bits per heavy atom. The number of aromatic nitrogens is 3. The molecule has 0 radical (unpaired) electrons. The molecule has 1 unspecified atom stereocenters. The molecule has 0 aliphatic rings. The largest absolute Gasteiger partial charge is 0.508 e. The number of phenolic OH excluding ortho intramolecular Hbond substituents is 1. The van der Waals surface area contributed by atoms with Crippen molar-refractivity contribution in [2.24, 2.45) is 4.99 Å². The maximum Gasteiger partial charge on any atom is 0.223 e. The first-order chi connectivity index (χ1) is 16.2. The molecule has 2 N–H and O–H groups in total. The third kappa shape index (κ3) is 6.23. The van der Waals surface area contributed by atoms with Crippen LogP contribution in [0.2, 0.25) is 0 Å². The molecule has 166 valence electrons. The zero-order chi connectivity index (χ0) is 22.9. The standard InChI is InChI=1S/C27H27N5O/c1-2-25(23-7-4-14-28-19-23)31-18-21-5-3-6-22(17-21)26-13-16-30-27(32-26)29-15-12-20-8-10-24(33)11-9-20/h3-11,13-14,16-19,25,33H,2,12,15H2,1H3,(H,29,30,32)/b31-18+. The van der Waals surface area contributed by atoms with Crippen molar-refractivity contribution in [3.05, 3.63) is 102 Å². The van der Waals surface area contributed by atoms with Crippen molar-refractivity contribution in [2.75, 3.05) is 11.9 Å². The number of hydrogen-bond donors (Lipinski definition) is 2. The lowest BCUT2D eigenvalue weighted by molar-refractivity contribution is 0.475. The molecule has 0 spiro atoms. The molecule has 0 amide bonds. The van der Waals surface area contributed by atoms with Crippen LogP contribution in [0, 0.1) is 0 Å². The summed E-state index contributed by atoms with van der Waals surface area (Å²) in [6.45, 7) is 2.83. The first kappa shape index (κ1) is 22.1. The average Bonchev–Trinajstić information content (AvgIpc) is 2.87. The van der Waals surface area contributed by atoms with Gasteiger partial charge in [-0.3, -0.25) is 9.98 Å². The lowest BCUT2D eigenvalue weighted by Crippen LogP contribution is -2.08. The van der Waals surface area contributed by atoms with E-state index >= 15 is 0 Å². The highest BCUT2D eigenvalue weighted by Crippen LogP contribution is 2.22. The van der Waals surface area contributed by atoms with Gasteiger partial charge in [0.05, 0.1) is 11.7 Å². The molecule has 2 aromatic heterocycles. The van der Waals surface area contributed by atoms with E-state index in [2.05, 4.69) is 39.3 Å². The van der Waals surface area contributed by atoms with Crippen molar-refractivity contribution in [1.29, 1.82) is 0 Å². The van der Waals surface area contributed by atoms with Gasteiger partial charge in [0.2, 0.25) is 5.95 Å². The molecule has 2 heterocycles. The Hall–Kier alpha value is -4.06. The first-order valence-electron chi connectivity index (χ1n) is 11.1. The lowest BCUT2D eigenvalue weighted by atomic mass is 10.1. The Morgan fingerprint density at radius 1 is 1.03 bits per heavy atom. The number of benzene rings is 2. The van der Waals surface area contributed by atoms with Crippen LogP contribution < -0.4 is 5.32 Å². The number of nitrogens with one attached hydrogen (secondary N) is 1. The molecule has 4 aromatic rings. The van der Waals surface area contributed by atoms with E-state index in [0.717, 1.165) is 40.8 Å². The quantitative estimate of drug-likeness (QED) is 0.339. The molecule has 0 bridgehead atoms. The van der Waals surface area contributed by atoms with E-state index in [1.54, 1.807) is 24.5 Å². The molecular formula is C27H27N5O. The van der Waals surface area contributed by atoms with E-state index < -0.39 is 0 Å². The highest BCUT2D eigenvalue weighted by molar-refractivity contribution is 5.82. The monoisotopic (exact) mass is 437 g/mol. The Bertz CT molecular complexity index is 1190. The fraction of sp³-hybridized carbons (Fsp3) is 0.185. The van der Waals surface area contributed by atoms with Crippen molar-refractivity contribution < 1.29 is 5.11 Å². The highest BCUT2D eigenvalue weighted by atomic mass is 16.3. The maximum atomic E-state index is 9.40. The van der Waals surface area contributed by atoms with E-state index in [9.17, 15) is 5.11 Å². The predicted molar refractivity (Wildman–Crippen MR) is 133 cm³/mol. The topological polar surface area (TPSA) is 83.3 Å². The molecule has 6 heteroatoms. The van der Waals surface area contributed by atoms with Gasteiger partial charge >= 0.3 is 0 Å². The van der Waals surface area contributed by atoms with Crippen LogP contribution in [0.25, 0.3) is 11.3 Å². The van der Waals surface area contributed by atoms with E-state index in [1.165, 1.54) is 0 Å². The smallest absolute Gasteiger partial charge is 0.223 e. The van der Waals surface area contributed by atoms with Crippen LogP contribution in [0.3, 0.4) is 0 Å². The van der Waals surface area contributed by atoms with Gasteiger partial charge in [-0.2, -0.15) is 0 Å². The molecule has 33 heavy (non-hydrogen) atoms. The van der Waals surface area contributed by atoms with Gasteiger partial charge in [0.25, 0.3) is 0 Å². The van der Waals surface area contributed by atoms with Crippen LogP contribution in [0.5, 0.6) is 5.75 Å². The molecule has 2 aromatic carbocycles. The van der Waals surface area contributed by atoms with E-state index in [0.29, 0.717) is 12.5 Å². The summed E-state index contributed by atoms with van der Waals surface area (Å²) in [6.07, 6.45) is 9.06. The van der Waals surface area contributed by atoms with Crippen LogP contribution in [0.1, 0.15) is 36.1 Å². The van der Waals surface area contributed by atoms with Gasteiger partial charge in [0, 0.05) is 36.9 Å². The van der Waals surface area contributed by atoms with Crippen LogP contribution in [-0.2, 0) is 6.42 Å². The molecular weight excluding hydrogens is 410 g/mol. The first-order valence-corrected chi connectivity index (χ1v) is 11.1. The normalized spacial score (nSPS) is 12.0. The third-order valence-corrected chi connectivity index (χ3v) is 5.33. The summed E-state index contributed by atoms with van der Waals surface area (Å²) in [6, 6.07) is 21.4. The van der Waals surface area contributed by atoms with Gasteiger partial charge in [-0.1, -0.05) is 43.3 Å². The second kappa shape index (κ2) is 11.0. The molecule has 0 saturated carbocycles. The van der Waals surface area contributed by atoms with Crippen LogP contribution in [-0.4, -0.2) is 32.8 Å². The highest BCUT2D eigenvalue weighted by Gasteiger charge is 2.07. The summed E-state index contributed by atoms with van der Waals surface area (Å²) >= 11 is 0. The van der Waals surface area contributed by atoms with Crippen LogP contribution in [0.15, 0.2) is 90.3 Å². The van der Waals surface area contributed by atoms with Gasteiger partial charge in [0.15, 0.2) is 0 Å². The number of pyridine rings is 1. The zero-order valence-electron chi connectivity index (χ0n) is 18.6. The maximum absolute atomic E-state index is 9.40. The molecule has 4 rings (SSSR count). The SMILES string of the molecule is CCC(/N=C/c1cccc(-c2ccnc(NCCc3ccc(O)cc3)n2)c1)c1cccnc1. The molecule has 6 nitrogen and oxygen atoms in total. The van der Waals surface area contributed by atoms with E-state index in [1.807, 2.05) is 54.9 Å².